The molecule has 2 aromatic rings. The van der Waals surface area contributed by atoms with Crippen molar-refractivity contribution in [2.45, 2.75) is 37.4 Å². The Balaban J connectivity index is 2.14. The van der Waals surface area contributed by atoms with Crippen molar-refractivity contribution in [3.8, 4) is 0 Å². The third-order valence-electron chi connectivity index (χ3n) is 2.14. The van der Waals surface area contributed by atoms with Crippen LogP contribution in [-0.2, 0) is 0 Å². The minimum Gasteiger partial charge on any atom is -0.370 e. The van der Waals surface area contributed by atoms with Gasteiger partial charge in [-0.05, 0) is 32.0 Å². The SMILES string of the molecule is CCCNc1cc(Sc2n[nH]c(C)n2)nc(C)n1. The molecule has 0 unspecified atom stereocenters. The van der Waals surface area contributed by atoms with Crippen molar-refractivity contribution in [2.75, 3.05) is 11.9 Å². The van der Waals surface area contributed by atoms with Crippen molar-refractivity contribution in [3.05, 3.63) is 17.7 Å². The van der Waals surface area contributed by atoms with Crippen molar-refractivity contribution in [2.24, 2.45) is 0 Å². The number of anilines is 1. The number of aromatic nitrogens is 5. The van der Waals surface area contributed by atoms with E-state index in [0.717, 1.165) is 35.5 Å². The van der Waals surface area contributed by atoms with Crippen LogP contribution in [0, 0.1) is 13.8 Å². The van der Waals surface area contributed by atoms with Gasteiger partial charge in [0.2, 0.25) is 5.16 Å². The van der Waals surface area contributed by atoms with Gasteiger partial charge in [0.1, 0.15) is 22.5 Å². The predicted molar refractivity (Wildman–Crippen MR) is 70.8 cm³/mol. The summed E-state index contributed by atoms with van der Waals surface area (Å²) in [6.45, 7) is 6.77. The minimum absolute atomic E-state index is 0.673. The van der Waals surface area contributed by atoms with E-state index in [1.807, 2.05) is 19.9 Å². The van der Waals surface area contributed by atoms with Gasteiger partial charge >= 0.3 is 0 Å². The maximum atomic E-state index is 4.36. The van der Waals surface area contributed by atoms with Crippen LogP contribution < -0.4 is 5.32 Å². The van der Waals surface area contributed by atoms with E-state index < -0.39 is 0 Å². The molecule has 2 rings (SSSR count). The molecule has 7 heteroatoms. The van der Waals surface area contributed by atoms with E-state index in [1.165, 1.54) is 11.8 Å². The van der Waals surface area contributed by atoms with Gasteiger partial charge in [0.25, 0.3) is 0 Å². The lowest BCUT2D eigenvalue weighted by atomic mass is 10.4. The monoisotopic (exact) mass is 264 g/mol. The van der Waals surface area contributed by atoms with E-state index in [2.05, 4.69) is 37.4 Å². The average Bonchev–Trinajstić information content (AvgIpc) is 2.71. The lowest BCUT2D eigenvalue weighted by Crippen LogP contribution is -2.04. The highest BCUT2D eigenvalue weighted by molar-refractivity contribution is 7.99. The van der Waals surface area contributed by atoms with Crippen molar-refractivity contribution in [1.82, 2.24) is 25.1 Å². The van der Waals surface area contributed by atoms with Crippen LogP contribution >= 0.6 is 11.8 Å². The zero-order valence-electron chi connectivity index (χ0n) is 10.7. The standard InChI is InChI=1S/C11H16N6S/c1-4-5-12-9-6-10(14-7(2)13-9)18-11-15-8(3)16-17-11/h6H,4-5H2,1-3H3,(H,12,13,14)(H,15,16,17). The Morgan fingerprint density at radius 3 is 2.78 bits per heavy atom. The number of rotatable bonds is 5. The van der Waals surface area contributed by atoms with Gasteiger partial charge in [-0.2, -0.15) is 0 Å². The lowest BCUT2D eigenvalue weighted by Gasteiger charge is -2.06. The summed E-state index contributed by atoms with van der Waals surface area (Å²) in [5.74, 6) is 2.39. The first kappa shape index (κ1) is 12.8. The van der Waals surface area contributed by atoms with Gasteiger partial charge in [0.15, 0.2) is 0 Å². The van der Waals surface area contributed by atoms with E-state index in [1.54, 1.807) is 0 Å². The molecule has 0 aliphatic carbocycles. The van der Waals surface area contributed by atoms with E-state index in [-0.39, 0.29) is 0 Å². The molecule has 0 atom stereocenters. The Hall–Kier alpha value is -1.63. The van der Waals surface area contributed by atoms with Crippen LogP contribution in [0.25, 0.3) is 0 Å². The number of aromatic amines is 1. The minimum atomic E-state index is 0.673. The summed E-state index contributed by atoms with van der Waals surface area (Å²) in [5.41, 5.74) is 0. The fourth-order valence-electron chi connectivity index (χ4n) is 1.40. The van der Waals surface area contributed by atoms with Gasteiger partial charge in [-0.1, -0.05) is 6.92 Å². The molecular formula is C11H16N6S. The molecule has 0 bridgehead atoms. The highest BCUT2D eigenvalue weighted by Gasteiger charge is 2.07. The lowest BCUT2D eigenvalue weighted by molar-refractivity contribution is 0.920. The van der Waals surface area contributed by atoms with Gasteiger partial charge in [-0.15, -0.1) is 5.10 Å². The zero-order chi connectivity index (χ0) is 13.0. The topological polar surface area (TPSA) is 79.4 Å². The predicted octanol–water partition coefficient (Wildman–Crippen LogP) is 2.18. The van der Waals surface area contributed by atoms with Crippen LogP contribution in [0.1, 0.15) is 25.0 Å². The summed E-state index contributed by atoms with van der Waals surface area (Å²) in [7, 11) is 0. The summed E-state index contributed by atoms with van der Waals surface area (Å²) in [5, 5.41) is 11.7. The number of H-pyrrole nitrogens is 1. The van der Waals surface area contributed by atoms with Crippen LogP contribution in [0.4, 0.5) is 5.82 Å². The second-order valence-electron chi connectivity index (χ2n) is 3.87. The summed E-state index contributed by atoms with van der Waals surface area (Å²) >= 11 is 1.43. The molecule has 18 heavy (non-hydrogen) atoms. The maximum absolute atomic E-state index is 4.36. The molecule has 0 fully saturated rings. The molecule has 0 amide bonds. The quantitative estimate of drug-likeness (QED) is 0.806. The summed E-state index contributed by atoms with van der Waals surface area (Å²) < 4.78 is 0. The van der Waals surface area contributed by atoms with E-state index in [0.29, 0.717) is 5.16 Å². The largest absolute Gasteiger partial charge is 0.370 e. The van der Waals surface area contributed by atoms with Crippen LogP contribution in [0.5, 0.6) is 0 Å². The van der Waals surface area contributed by atoms with Crippen molar-refractivity contribution < 1.29 is 0 Å². The zero-order valence-corrected chi connectivity index (χ0v) is 11.5. The first-order valence-electron chi connectivity index (χ1n) is 5.84. The normalized spacial score (nSPS) is 10.6. The molecule has 0 aromatic carbocycles. The maximum Gasteiger partial charge on any atom is 0.214 e. The van der Waals surface area contributed by atoms with Crippen LogP contribution in [0.2, 0.25) is 0 Å². The second-order valence-corrected chi connectivity index (χ2v) is 4.86. The Morgan fingerprint density at radius 2 is 2.11 bits per heavy atom. The van der Waals surface area contributed by atoms with Gasteiger partial charge in [-0.25, -0.2) is 15.0 Å². The van der Waals surface area contributed by atoms with E-state index >= 15 is 0 Å². The molecule has 0 saturated carbocycles. The molecule has 0 aliphatic rings. The summed E-state index contributed by atoms with van der Waals surface area (Å²) in [4.78, 5) is 12.9. The Kier molecular flexibility index (Phi) is 4.14. The Bertz CT molecular complexity index is 524. The van der Waals surface area contributed by atoms with Crippen molar-refractivity contribution in [1.29, 1.82) is 0 Å². The smallest absolute Gasteiger partial charge is 0.214 e. The van der Waals surface area contributed by atoms with Crippen molar-refractivity contribution >= 4 is 17.6 Å². The third kappa shape index (κ3) is 3.43. The van der Waals surface area contributed by atoms with E-state index in [4.69, 9.17) is 0 Å². The number of nitrogens with one attached hydrogen (secondary N) is 2. The molecular weight excluding hydrogens is 248 g/mol. The summed E-state index contributed by atoms with van der Waals surface area (Å²) in [6.07, 6.45) is 1.06. The van der Waals surface area contributed by atoms with Gasteiger partial charge < -0.3 is 5.32 Å². The average molecular weight is 264 g/mol. The number of hydrogen-bond donors (Lipinski definition) is 2. The Morgan fingerprint density at radius 1 is 1.28 bits per heavy atom. The van der Waals surface area contributed by atoms with Crippen LogP contribution in [-0.4, -0.2) is 31.7 Å². The number of hydrogen-bond acceptors (Lipinski definition) is 6. The number of aryl methyl sites for hydroxylation is 2. The van der Waals surface area contributed by atoms with Gasteiger partial charge in [0.05, 0.1) is 0 Å². The molecule has 0 saturated heterocycles. The molecule has 0 spiro atoms. The van der Waals surface area contributed by atoms with Crippen LogP contribution in [0.3, 0.4) is 0 Å². The second kappa shape index (κ2) is 5.81. The molecule has 0 aliphatic heterocycles. The molecule has 2 aromatic heterocycles. The summed E-state index contributed by atoms with van der Waals surface area (Å²) in [6, 6.07) is 1.92. The van der Waals surface area contributed by atoms with Crippen LogP contribution in [0.15, 0.2) is 16.2 Å². The molecule has 2 N–H and O–H groups in total. The number of nitrogens with zero attached hydrogens (tertiary/aromatic N) is 4. The molecule has 96 valence electrons. The molecule has 2 heterocycles. The third-order valence-corrected chi connectivity index (χ3v) is 2.93. The van der Waals surface area contributed by atoms with Crippen molar-refractivity contribution in [3.63, 3.8) is 0 Å². The van der Waals surface area contributed by atoms with E-state index in [9.17, 15) is 0 Å². The van der Waals surface area contributed by atoms with Gasteiger partial charge in [0, 0.05) is 12.6 Å². The Labute approximate surface area is 110 Å². The fraction of sp³-hybridized carbons (Fsp3) is 0.455. The highest BCUT2D eigenvalue weighted by atomic mass is 32.2. The van der Waals surface area contributed by atoms with Gasteiger partial charge in [-0.3, -0.25) is 5.10 Å². The first-order valence-corrected chi connectivity index (χ1v) is 6.65. The molecule has 6 nitrogen and oxygen atoms in total. The fourth-order valence-corrected chi connectivity index (χ4v) is 2.21. The first-order chi connectivity index (χ1) is 8.67. The molecule has 0 radical (unpaired) electrons. The highest BCUT2D eigenvalue weighted by Crippen LogP contribution is 2.24.